The molecule has 42 nitrogen and oxygen atoms in total. The molecule has 0 aliphatic rings. The smallest absolute Gasteiger partial charge is 0.305 e. The summed E-state index contributed by atoms with van der Waals surface area (Å²) in [4.78, 5) is 223. The van der Waals surface area contributed by atoms with Crippen LogP contribution in [0.25, 0.3) is 0 Å². The summed E-state index contributed by atoms with van der Waals surface area (Å²) >= 11 is 0. The number of aliphatic hydroxyl groups is 1. The van der Waals surface area contributed by atoms with Crippen molar-refractivity contribution in [3.63, 3.8) is 0 Å². The Bertz CT molecular complexity index is 3040. The molecular weight excluding hydrogens is 1410 g/mol. The van der Waals surface area contributed by atoms with Gasteiger partial charge in [0, 0.05) is 25.9 Å². The summed E-state index contributed by atoms with van der Waals surface area (Å²) in [6, 6.07) is -19.9. The molecule has 14 amide bonds. The number of guanidine groups is 2. The number of carboxylic acids is 2. The number of aliphatic carboxylic acids is 2. The number of primary amides is 2. The zero-order chi connectivity index (χ0) is 82.0. The largest absolute Gasteiger partial charge is 0.481 e. The number of rotatable bonds is 55. The predicted octanol–water partition coefficient (Wildman–Crippen LogP) is -8.24. The van der Waals surface area contributed by atoms with Gasteiger partial charge in [-0.1, -0.05) is 48.0 Å². The summed E-state index contributed by atoms with van der Waals surface area (Å²) in [5.74, 6) is -19.3. The predicted molar refractivity (Wildman–Crippen MR) is 390 cm³/mol. The lowest BCUT2D eigenvalue weighted by Gasteiger charge is -2.29. The van der Waals surface area contributed by atoms with Gasteiger partial charge in [0.25, 0.3) is 0 Å². The number of aliphatic hydroxyl groups excluding tert-OH is 1. The van der Waals surface area contributed by atoms with E-state index in [1.54, 1.807) is 27.7 Å². The lowest BCUT2D eigenvalue weighted by molar-refractivity contribution is -0.142. The fourth-order valence-corrected chi connectivity index (χ4v) is 10.3. The molecule has 608 valence electrons. The number of hydrogen-bond acceptors (Lipinski definition) is 22. The molecule has 0 saturated carbocycles. The third-order valence-corrected chi connectivity index (χ3v) is 16.2. The van der Waals surface area contributed by atoms with Crippen LogP contribution >= 0.6 is 0 Å². The van der Waals surface area contributed by atoms with Crippen LogP contribution in [0, 0.1) is 17.8 Å². The maximum absolute atomic E-state index is 14.6. The first-order valence-corrected chi connectivity index (χ1v) is 35.6. The Kier molecular flexibility index (Phi) is 46.4. The number of amides is 14. The molecule has 0 fully saturated rings. The highest BCUT2D eigenvalue weighted by Gasteiger charge is 2.39. The van der Waals surface area contributed by atoms with E-state index in [2.05, 4.69) is 73.8 Å². The van der Waals surface area contributed by atoms with Gasteiger partial charge in [0.15, 0.2) is 11.9 Å². The Balaban J connectivity index is 7.25. The highest BCUT2D eigenvalue weighted by Crippen LogP contribution is 2.14. The molecule has 42 heteroatoms. The summed E-state index contributed by atoms with van der Waals surface area (Å²) in [7, 11) is 0. The minimum Gasteiger partial charge on any atom is -0.481 e. The number of nitrogens with two attached hydrogens (primary N) is 9. The number of nitrogens with one attached hydrogen (secondary N) is 12. The first-order valence-electron chi connectivity index (χ1n) is 35.6. The van der Waals surface area contributed by atoms with Crippen molar-refractivity contribution in [2.75, 3.05) is 26.2 Å². The average molecular weight is 1530 g/mol. The first kappa shape index (κ1) is 96.9. The summed E-state index contributed by atoms with van der Waals surface area (Å²) in [6.45, 7) is 13.9. The fraction of sp³-hybridized carbons (Fsp3) is 0.723. The van der Waals surface area contributed by atoms with Crippen molar-refractivity contribution < 1.29 is 92.0 Å². The van der Waals surface area contributed by atoms with Gasteiger partial charge in [-0.25, -0.2) is 0 Å². The van der Waals surface area contributed by atoms with Gasteiger partial charge < -0.3 is 131 Å². The van der Waals surface area contributed by atoms with Gasteiger partial charge in [-0.3, -0.25) is 86.7 Å². The Morgan fingerprint density at radius 1 is 0.346 bits per heavy atom. The molecule has 0 bridgehead atoms. The zero-order valence-corrected chi connectivity index (χ0v) is 62.6. The summed E-state index contributed by atoms with van der Waals surface area (Å²) in [6.07, 6.45) is -3.64. The quantitative estimate of drug-likeness (QED) is 0.0153. The van der Waals surface area contributed by atoms with Crippen molar-refractivity contribution in [3.8, 4) is 0 Å². The molecule has 0 aromatic carbocycles. The summed E-state index contributed by atoms with van der Waals surface area (Å²) < 4.78 is 0. The van der Waals surface area contributed by atoms with Gasteiger partial charge in [0.1, 0.15) is 72.5 Å². The van der Waals surface area contributed by atoms with E-state index in [1.807, 2.05) is 0 Å². The molecule has 0 heterocycles. The van der Waals surface area contributed by atoms with Crippen LogP contribution in [-0.4, -0.2) is 233 Å². The molecule has 0 aliphatic heterocycles. The normalized spacial score (nSPS) is 15.1. The summed E-state index contributed by atoms with van der Waals surface area (Å²) in [5.41, 5.74) is 50.4. The Morgan fingerprint density at radius 3 is 1.07 bits per heavy atom. The lowest BCUT2D eigenvalue weighted by Crippen LogP contribution is -2.62. The number of aliphatic imine (C=N–C) groups is 2. The topological polar surface area (TPSA) is 737 Å². The van der Waals surface area contributed by atoms with Crippen molar-refractivity contribution in [1.82, 2.24) is 63.8 Å². The van der Waals surface area contributed by atoms with Crippen LogP contribution in [0.4, 0.5) is 0 Å². The molecule has 33 N–H and O–H groups in total. The van der Waals surface area contributed by atoms with Crippen LogP contribution < -0.4 is 115 Å². The molecule has 107 heavy (non-hydrogen) atoms. The van der Waals surface area contributed by atoms with E-state index in [4.69, 9.17) is 51.6 Å². The van der Waals surface area contributed by atoms with Crippen LogP contribution in [-0.2, 0) is 76.7 Å². The van der Waals surface area contributed by atoms with Gasteiger partial charge in [-0.15, -0.1) is 0 Å². The van der Waals surface area contributed by atoms with Crippen molar-refractivity contribution in [1.29, 1.82) is 0 Å². The average Bonchev–Trinajstić information content (AvgIpc) is 0.854. The van der Waals surface area contributed by atoms with Gasteiger partial charge in [0.2, 0.25) is 82.7 Å². The van der Waals surface area contributed by atoms with E-state index in [-0.39, 0.29) is 81.8 Å². The SMILES string of the molecule is CC(C)C[C@H](NC(=O)[C@H](C)NC(=O)[C@H](CC(=O)O)NC(=O)[C@@H](NC(=O)[C@@H](NC(=O)[C@H](CCC(=O)O)NC(=O)[C@H](CCC(N)=O)NC(=O)[C@H](CCCN=C(N)N)NC(=O)[C@H](CCCN=C(N)N)NC(=O)[C@H](CC(C)C)NC(=O)[C@H](C)NC(=O)[C@H](CCCCN)NC(=O)[C@@H](N)CCCCN)[C@@H](C)O)C(C)C)C(N)=O. The monoisotopic (exact) mass is 1530 g/mol. The van der Waals surface area contributed by atoms with Gasteiger partial charge in [-0.05, 0) is 135 Å². The van der Waals surface area contributed by atoms with E-state index in [0.29, 0.717) is 45.2 Å². The fourth-order valence-electron chi connectivity index (χ4n) is 10.3. The molecular formula is C65H119N23O19. The van der Waals surface area contributed by atoms with E-state index in [1.165, 1.54) is 27.7 Å². The zero-order valence-electron chi connectivity index (χ0n) is 62.6. The molecule has 0 saturated heterocycles. The van der Waals surface area contributed by atoms with Crippen LogP contribution in [0.5, 0.6) is 0 Å². The molecule has 0 radical (unpaired) electrons. The maximum Gasteiger partial charge on any atom is 0.305 e. The second-order valence-corrected chi connectivity index (χ2v) is 27.2. The van der Waals surface area contributed by atoms with Crippen molar-refractivity contribution in [3.05, 3.63) is 0 Å². The Hall–Kier alpha value is -10.1. The molecule has 0 spiro atoms. The Morgan fingerprint density at radius 2 is 0.682 bits per heavy atom. The van der Waals surface area contributed by atoms with E-state index < -0.39 is 217 Å². The lowest BCUT2D eigenvalue weighted by atomic mass is 10.0. The number of carboxylic acid groups (broad SMARTS) is 2. The van der Waals surface area contributed by atoms with Gasteiger partial charge >= 0.3 is 11.9 Å². The van der Waals surface area contributed by atoms with Crippen molar-refractivity contribution in [2.45, 2.75) is 256 Å². The molecule has 14 atom stereocenters. The second kappa shape index (κ2) is 51.2. The number of unbranched alkanes of at least 4 members (excludes halogenated alkanes) is 2. The van der Waals surface area contributed by atoms with Gasteiger partial charge in [0.05, 0.1) is 18.6 Å². The Labute approximate surface area is 622 Å². The number of carbonyl (C=O) groups excluding carboxylic acids is 14. The first-order chi connectivity index (χ1) is 50.0. The summed E-state index contributed by atoms with van der Waals surface area (Å²) in [5, 5.41) is 59.4. The van der Waals surface area contributed by atoms with Crippen LogP contribution in [0.15, 0.2) is 9.98 Å². The van der Waals surface area contributed by atoms with Crippen molar-refractivity contribution in [2.24, 2.45) is 79.3 Å². The van der Waals surface area contributed by atoms with Gasteiger partial charge in [-0.2, -0.15) is 0 Å². The molecule has 0 aromatic rings. The van der Waals surface area contributed by atoms with E-state index in [9.17, 15) is 92.0 Å². The highest BCUT2D eigenvalue weighted by atomic mass is 16.4. The van der Waals surface area contributed by atoms with Crippen molar-refractivity contribution >= 4 is 107 Å². The minimum atomic E-state index is -2.03. The van der Waals surface area contributed by atoms with Crippen LogP contribution in [0.3, 0.4) is 0 Å². The van der Waals surface area contributed by atoms with E-state index >= 15 is 0 Å². The number of carbonyl (C=O) groups is 16. The maximum atomic E-state index is 14.6. The van der Waals surface area contributed by atoms with E-state index in [0.717, 1.165) is 6.92 Å². The number of hydrogen-bond donors (Lipinski definition) is 24. The standard InChI is InChI=1S/C65H119N23O19/c1-31(2)28-43(51(70)95)84-52(96)34(7)78-60(104)45(30-48(93)94)86-62(106)49(33(5)6)87-63(107)50(36(9)89)88-59(103)42(21-23-47(91)92)83-58(102)41(20-22-46(69)90)82-57(101)39(18-14-26-75-64(71)72)80-56(100)40(19-15-27-76-65(73)74)81-61(105)44(29-32(3)4)85-53(97)35(8)77-55(99)38(17-11-13-25-67)79-54(98)37(68)16-10-12-24-66/h31-45,49-50,89H,10-30,66-68H2,1-9H3,(H2,69,90)(H2,70,95)(H,77,99)(H,78,104)(H,79,98)(H,80,100)(H,81,105)(H,82,101)(H,83,102)(H,84,96)(H,85,97)(H,86,106)(H,87,107)(H,88,103)(H,91,92)(H,93,94)(H4,71,72,75)(H4,73,74,76)/t34-,35-,36+,37-,38-,39-,40-,41-,42-,43-,44-,45-,49-,50-/m0/s1. The molecule has 0 aromatic heterocycles. The molecule has 0 rings (SSSR count). The third kappa shape index (κ3) is 40.8. The highest BCUT2D eigenvalue weighted by molar-refractivity contribution is 6.00. The number of nitrogens with zero attached hydrogens (tertiary/aromatic N) is 2. The second-order valence-electron chi connectivity index (χ2n) is 27.2. The molecule has 0 aliphatic carbocycles. The minimum absolute atomic E-state index is 0.0125. The third-order valence-electron chi connectivity index (χ3n) is 16.2. The van der Waals surface area contributed by atoms with Crippen LogP contribution in [0.2, 0.25) is 0 Å². The van der Waals surface area contributed by atoms with Crippen LogP contribution in [0.1, 0.15) is 171 Å². The molecule has 0 unspecified atom stereocenters.